The third-order valence-electron chi connectivity index (χ3n) is 2.57. The maximum atomic E-state index is 5.04. The molecule has 3 heteroatoms. The molecule has 1 heterocycles. The first-order chi connectivity index (χ1) is 6.66. The number of benzene rings is 1. The van der Waals surface area contributed by atoms with Crippen LogP contribution in [0.1, 0.15) is 22.7 Å². The van der Waals surface area contributed by atoms with Gasteiger partial charge in [-0.1, -0.05) is 23.8 Å². The van der Waals surface area contributed by atoms with Gasteiger partial charge in [0.2, 0.25) is 0 Å². The minimum atomic E-state index is 0.336. The molecule has 1 aromatic carbocycles. The smallest absolute Gasteiger partial charge is 0.166 e. The minimum absolute atomic E-state index is 0.336. The van der Waals surface area contributed by atoms with Gasteiger partial charge >= 0.3 is 0 Å². The van der Waals surface area contributed by atoms with E-state index in [2.05, 4.69) is 42.7 Å². The second-order valence-electron chi connectivity index (χ2n) is 3.77. The Balaban J connectivity index is 2.28. The van der Waals surface area contributed by atoms with Crippen LogP contribution in [-0.4, -0.2) is 11.7 Å². The number of rotatable bonds is 1. The molecule has 0 radical (unpaired) electrons. The van der Waals surface area contributed by atoms with E-state index in [1.807, 2.05) is 0 Å². The number of thiocarbonyl (C=S) groups is 1. The standard InChI is InChI=1S/C11H14N2S/c1-7-3-4-9(8(2)5-7)10-6-12-11(14)13-10/h3-5,10H,6H2,1-2H3,(H2,12,13,14). The van der Waals surface area contributed by atoms with Crippen molar-refractivity contribution in [3.05, 3.63) is 34.9 Å². The van der Waals surface area contributed by atoms with Gasteiger partial charge in [0, 0.05) is 6.54 Å². The monoisotopic (exact) mass is 206 g/mol. The summed E-state index contributed by atoms with van der Waals surface area (Å²) in [5.41, 5.74) is 3.97. The molecule has 1 atom stereocenters. The molecule has 0 aliphatic carbocycles. The molecule has 14 heavy (non-hydrogen) atoms. The fourth-order valence-corrected chi connectivity index (χ4v) is 2.08. The fraction of sp³-hybridized carbons (Fsp3) is 0.364. The Bertz CT molecular complexity index is 374. The Morgan fingerprint density at radius 3 is 2.71 bits per heavy atom. The van der Waals surface area contributed by atoms with Crippen molar-refractivity contribution >= 4 is 17.3 Å². The summed E-state index contributed by atoms with van der Waals surface area (Å²) < 4.78 is 0. The zero-order valence-electron chi connectivity index (χ0n) is 8.42. The Labute approximate surface area is 89.7 Å². The lowest BCUT2D eigenvalue weighted by molar-refractivity contribution is 0.702. The van der Waals surface area contributed by atoms with Crippen LogP contribution in [-0.2, 0) is 0 Å². The second kappa shape index (κ2) is 3.58. The fourth-order valence-electron chi connectivity index (χ4n) is 1.86. The first-order valence-electron chi connectivity index (χ1n) is 4.78. The molecule has 2 N–H and O–H groups in total. The summed E-state index contributed by atoms with van der Waals surface area (Å²) in [6.45, 7) is 5.15. The molecule has 74 valence electrons. The lowest BCUT2D eigenvalue weighted by atomic mass is 10.00. The van der Waals surface area contributed by atoms with E-state index < -0.39 is 0 Å². The van der Waals surface area contributed by atoms with E-state index in [-0.39, 0.29) is 0 Å². The molecule has 1 aliphatic rings. The summed E-state index contributed by atoms with van der Waals surface area (Å²) in [5, 5.41) is 7.14. The molecule has 1 aliphatic heterocycles. The maximum Gasteiger partial charge on any atom is 0.166 e. The van der Waals surface area contributed by atoms with Crippen LogP contribution in [0.5, 0.6) is 0 Å². The molecule has 0 saturated carbocycles. The van der Waals surface area contributed by atoms with E-state index >= 15 is 0 Å². The normalized spacial score (nSPS) is 20.4. The van der Waals surface area contributed by atoms with Crippen molar-refractivity contribution in [2.24, 2.45) is 0 Å². The van der Waals surface area contributed by atoms with Gasteiger partial charge in [-0.3, -0.25) is 0 Å². The Kier molecular flexibility index (Phi) is 2.42. The van der Waals surface area contributed by atoms with Gasteiger partial charge in [0.25, 0.3) is 0 Å². The molecule has 1 saturated heterocycles. The summed E-state index contributed by atoms with van der Waals surface area (Å²) in [6, 6.07) is 6.87. The van der Waals surface area contributed by atoms with E-state index in [1.165, 1.54) is 16.7 Å². The van der Waals surface area contributed by atoms with Gasteiger partial charge in [0.05, 0.1) is 6.04 Å². The zero-order chi connectivity index (χ0) is 10.1. The molecule has 0 spiro atoms. The molecule has 2 rings (SSSR count). The Morgan fingerprint density at radius 2 is 2.14 bits per heavy atom. The largest absolute Gasteiger partial charge is 0.360 e. The topological polar surface area (TPSA) is 24.1 Å². The highest BCUT2D eigenvalue weighted by atomic mass is 32.1. The zero-order valence-corrected chi connectivity index (χ0v) is 9.24. The number of aryl methyl sites for hydroxylation is 2. The van der Waals surface area contributed by atoms with E-state index in [4.69, 9.17) is 12.2 Å². The van der Waals surface area contributed by atoms with Crippen LogP contribution >= 0.6 is 12.2 Å². The van der Waals surface area contributed by atoms with Crippen LogP contribution in [0.3, 0.4) is 0 Å². The van der Waals surface area contributed by atoms with E-state index in [1.54, 1.807) is 0 Å². The SMILES string of the molecule is Cc1ccc(C2CNC(=S)N2)c(C)c1. The van der Waals surface area contributed by atoms with Crippen LogP contribution in [0, 0.1) is 13.8 Å². The molecule has 1 fully saturated rings. The van der Waals surface area contributed by atoms with E-state index in [9.17, 15) is 0 Å². The van der Waals surface area contributed by atoms with Gasteiger partial charge in [-0.15, -0.1) is 0 Å². The Morgan fingerprint density at radius 1 is 1.36 bits per heavy atom. The number of hydrogen-bond donors (Lipinski definition) is 2. The van der Waals surface area contributed by atoms with Gasteiger partial charge in [-0.05, 0) is 37.2 Å². The Hall–Kier alpha value is -1.09. The second-order valence-corrected chi connectivity index (χ2v) is 4.18. The highest BCUT2D eigenvalue weighted by Crippen LogP contribution is 2.20. The molecular formula is C11H14N2S. The highest BCUT2D eigenvalue weighted by molar-refractivity contribution is 7.80. The van der Waals surface area contributed by atoms with Gasteiger partial charge in [0.1, 0.15) is 0 Å². The van der Waals surface area contributed by atoms with Crippen molar-refractivity contribution in [1.82, 2.24) is 10.6 Å². The average Bonchev–Trinajstić information content (AvgIpc) is 2.51. The molecular weight excluding hydrogens is 192 g/mol. The average molecular weight is 206 g/mol. The van der Waals surface area contributed by atoms with Gasteiger partial charge < -0.3 is 10.6 Å². The predicted molar refractivity (Wildman–Crippen MR) is 62.4 cm³/mol. The highest BCUT2D eigenvalue weighted by Gasteiger charge is 2.20. The lowest BCUT2D eigenvalue weighted by Gasteiger charge is -2.13. The quantitative estimate of drug-likeness (QED) is 0.685. The number of nitrogens with one attached hydrogen (secondary N) is 2. The van der Waals surface area contributed by atoms with Crippen LogP contribution < -0.4 is 10.6 Å². The van der Waals surface area contributed by atoms with Crippen molar-refractivity contribution in [1.29, 1.82) is 0 Å². The van der Waals surface area contributed by atoms with Crippen molar-refractivity contribution in [2.45, 2.75) is 19.9 Å². The van der Waals surface area contributed by atoms with Gasteiger partial charge in [-0.2, -0.15) is 0 Å². The van der Waals surface area contributed by atoms with Crippen LogP contribution in [0.4, 0.5) is 0 Å². The summed E-state index contributed by atoms with van der Waals surface area (Å²) in [4.78, 5) is 0. The first-order valence-corrected chi connectivity index (χ1v) is 5.19. The lowest BCUT2D eigenvalue weighted by Crippen LogP contribution is -2.21. The van der Waals surface area contributed by atoms with Gasteiger partial charge in [-0.25, -0.2) is 0 Å². The maximum absolute atomic E-state index is 5.04. The van der Waals surface area contributed by atoms with Crippen molar-refractivity contribution in [2.75, 3.05) is 6.54 Å². The van der Waals surface area contributed by atoms with Crippen LogP contribution in [0.15, 0.2) is 18.2 Å². The predicted octanol–water partition coefficient (Wildman–Crippen LogP) is 1.82. The summed E-state index contributed by atoms with van der Waals surface area (Å²) in [6.07, 6.45) is 0. The molecule has 0 aromatic heterocycles. The first kappa shape index (κ1) is 9.46. The van der Waals surface area contributed by atoms with Crippen LogP contribution in [0.25, 0.3) is 0 Å². The summed E-state index contributed by atoms with van der Waals surface area (Å²) >= 11 is 5.04. The molecule has 1 aromatic rings. The van der Waals surface area contributed by atoms with Gasteiger partial charge in [0.15, 0.2) is 5.11 Å². The van der Waals surface area contributed by atoms with Crippen molar-refractivity contribution in [3.8, 4) is 0 Å². The third kappa shape index (κ3) is 1.73. The summed E-state index contributed by atoms with van der Waals surface area (Å²) in [7, 11) is 0. The van der Waals surface area contributed by atoms with Crippen LogP contribution in [0.2, 0.25) is 0 Å². The van der Waals surface area contributed by atoms with E-state index in [0.29, 0.717) is 6.04 Å². The molecule has 0 bridgehead atoms. The van der Waals surface area contributed by atoms with Crippen molar-refractivity contribution in [3.63, 3.8) is 0 Å². The molecule has 0 amide bonds. The third-order valence-corrected chi connectivity index (χ3v) is 2.83. The molecule has 2 nitrogen and oxygen atoms in total. The summed E-state index contributed by atoms with van der Waals surface area (Å²) in [5.74, 6) is 0. The van der Waals surface area contributed by atoms with E-state index in [0.717, 1.165) is 11.7 Å². The molecule has 1 unspecified atom stereocenters. The minimum Gasteiger partial charge on any atom is -0.360 e. The van der Waals surface area contributed by atoms with Crippen molar-refractivity contribution < 1.29 is 0 Å². The number of hydrogen-bond acceptors (Lipinski definition) is 1.